The smallest absolute Gasteiger partial charge is 0.324 e. The summed E-state index contributed by atoms with van der Waals surface area (Å²) in [6.45, 7) is -5.01. The molecule has 0 bridgehead atoms. The largest absolute Gasteiger partial charge is 0.462 e. The first kappa shape index (κ1) is 4.33. The number of nitrogens with two attached hydrogens (primary N) is 1. The molecule has 0 aliphatic heterocycles. The van der Waals surface area contributed by atoms with E-state index < -0.39 is 37.0 Å². The molecule has 2 N–H and O–H groups in total. The predicted octanol–water partition coefficient (Wildman–Crippen LogP) is 1.02. The van der Waals surface area contributed by atoms with Crippen molar-refractivity contribution in [3.8, 4) is 0 Å². The molecule has 0 fully saturated rings. The molecule has 0 spiro atoms. The molecule has 4 heteroatoms. The highest BCUT2D eigenvalue weighted by atomic mass is 32.2. The van der Waals surface area contributed by atoms with Crippen molar-refractivity contribution in [2.24, 2.45) is 5.73 Å². The molecule has 1 unspecified atom stereocenters. The van der Waals surface area contributed by atoms with Crippen LogP contribution >= 0.6 is 11.8 Å². The van der Waals surface area contributed by atoms with Crippen molar-refractivity contribution in [2.45, 2.75) is 38.0 Å². The van der Waals surface area contributed by atoms with Crippen molar-refractivity contribution in [2.75, 3.05) is 6.26 Å². The lowest BCUT2D eigenvalue weighted by Gasteiger charge is -2.17. The van der Waals surface area contributed by atoms with Gasteiger partial charge >= 0.3 is 5.97 Å². The fourth-order valence-electron chi connectivity index (χ4n) is 0.507. The lowest BCUT2D eigenvalue weighted by atomic mass is 10.2. The highest BCUT2D eigenvalue weighted by Gasteiger charge is 2.21. The third-order valence-electron chi connectivity index (χ3n) is 1.35. The summed E-state index contributed by atoms with van der Waals surface area (Å²) in [5.74, 6) is -1.22. The van der Waals surface area contributed by atoms with Crippen molar-refractivity contribution in [3.05, 3.63) is 0 Å². The van der Waals surface area contributed by atoms with Crippen LogP contribution in [-0.2, 0) is 9.53 Å². The van der Waals surface area contributed by atoms with Crippen LogP contribution in [-0.4, -0.2) is 29.6 Å². The van der Waals surface area contributed by atoms with Gasteiger partial charge in [0.2, 0.25) is 0 Å². The average Bonchev–Trinajstić information content (AvgIpc) is 2.23. The standard InChI is InChI=1S/C8H17NO2S/c1-5(2)11-8(10)7(9)6(3)12-4/h5-7H,9H2,1-4H3/t6?,7-/m1/s1/i1D3,2D3,5D. The van der Waals surface area contributed by atoms with Crippen molar-refractivity contribution < 1.29 is 19.1 Å². The van der Waals surface area contributed by atoms with Crippen molar-refractivity contribution in [1.29, 1.82) is 0 Å². The highest BCUT2D eigenvalue weighted by molar-refractivity contribution is 7.99. The van der Waals surface area contributed by atoms with Crippen molar-refractivity contribution in [1.82, 2.24) is 0 Å². The molecule has 3 nitrogen and oxygen atoms in total. The summed E-state index contributed by atoms with van der Waals surface area (Å²) in [6.07, 6.45) is -1.65. The Morgan fingerprint density at radius 3 is 2.75 bits per heavy atom. The van der Waals surface area contributed by atoms with Crippen LogP contribution in [0.1, 0.15) is 30.2 Å². The molecule has 0 heterocycles. The molecule has 12 heavy (non-hydrogen) atoms. The second-order valence-corrected chi connectivity index (χ2v) is 3.43. The van der Waals surface area contributed by atoms with Crippen LogP contribution in [0, 0.1) is 0 Å². The van der Waals surface area contributed by atoms with E-state index in [0.29, 0.717) is 0 Å². The van der Waals surface area contributed by atoms with E-state index in [4.69, 9.17) is 15.3 Å². The van der Waals surface area contributed by atoms with Crippen LogP contribution in [0.2, 0.25) is 0 Å². The predicted molar refractivity (Wildman–Crippen MR) is 52.2 cm³/mol. The average molecular weight is 198 g/mol. The van der Waals surface area contributed by atoms with E-state index in [0.717, 1.165) is 0 Å². The van der Waals surface area contributed by atoms with Crippen molar-refractivity contribution in [3.63, 3.8) is 0 Å². The maximum Gasteiger partial charge on any atom is 0.324 e. The van der Waals surface area contributed by atoms with Crippen LogP contribution in [0.25, 0.3) is 0 Å². The van der Waals surface area contributed by atoms with Gasteiger partial charge in [0.05, 0.1) is 7.45 Å². The first-order valence-electron chi connectivity index (χ1n) is 6.79. The molecule has 0 radical (unpaired) electrons. The lowest BCUT2D eigenvalue weighted by molar-refractivity contribution is -0.148. The van der Waals surface area contributed by atoms with Crippen molar-refractivity contribution >= 4 is 17.7 Å². The zero-order valence-electron chi connectivity index (χ0n) is 14.0. The maximum atomic E-state index is 11.7. The number of esters is 1. The number of hydrogen-bond donors (Lipinski definition) is 1. The Kier molecular flexibility index (Phi) is 1.96. The van der Waals surface area contributed by atoms with E-state index in [1.807, 2.05) is 0 Å². The minimum Gasteiger partial charge on any atom is -0.462 e. The van der Waals surface area contributed by atoms with Gasteiger partial charge in [-0.2, -0.15) is 11.8 Å². The number of ether oxygens (including phenoxy) is 1. The second kappa shape index (κ2) is 5.43. The summed E-state index contributed by atoms with van der Waals surface area (Å²) >= 11 is 1.23. The van der Waals surface area contributed by atoms with Gasteiger partial charge in [-0.05, 0) is 20.0 Å². The van der Waals surface area contributed by atoms with Gasteiger partial charge in [-0.1, -0.05) is 6.92 Å². The molecule has 0 aromatic carbocycles. The fraction of sp³-hybridized carbons (Fsp3) is 0.875. The molecule has 0 aliphatic carbocycles. The van der Waals surface area contributed by atoms with E-state index in [9.17, 15) is 4.79 Å². The Bertz CT molecular complexity index is 316. The van der Waals surface area contributed by atoms with Gasteiger partial charge in [0.15, 0.2) is 0 Å². The van der Waals surface area contributed by atoms with E-state index in [2.05, 4.69) is 4.74 Å². The maximum absolute atomic E-state index is 11.7. The van der Waals surface area contributed by atoms with Gasteiger partial charge in [-0.3, -0.25) is 4.79 Å². The molecule has 0 saturated heterocycles. The quantitative estimate of drug-likeness (QED) is 0.685. The van der Waals surface area contributed by atoms with Gasteiger partial charge in [0.25, 0.3) is 0 Å². The molecule has 0 aromatic rings. The molecule has 0 rings (SSSR count). The monoisotopic (exact) mass is 198 g/mol. The second-order valence-electron chi connectivity index (χ2n) is 2.22. The zero-order chi connectivity index (χ0) is 15.6. The minimum atomic E-state index is -3.33. The molecule has 2 atom stereocenters. The Hall–Kier alpha value is -0.220. The van der Waals surface area contributed by atoms with E-state index in [1.54, 1.807) is 13.2 Å². The topological polar surface area (TPSA) is 52.3 Å². The summed E-state index contributed by atoms with van der Waals surface area (Å²) in [6, 6.07) is -1.20. The van der Waals surface area contributed by atoms with Crippen LogP contribution in [0.3, 0.4) is 0 Å². The number of hydrogen-bond acceptors (Lipinski definition) is 4. The van der Waals surface area contributed by atoms with Gasteiger partial charge < -0.3 is 10.5 Å². The molecule has 0 amide bonds. The number of carbonyl (C=O) groups is 1. The first-order chi connectivity index (χ1) is 8.28. The van der Waals surface area contributed by atoms with Gasteiger partial charge in [0, 0.05) is 13.5 Å². The molecule has 72 valence electrons. The normalized spacial score (nSPS) is 27.4. The van der Waals surface area contributed by atoms with Crippen LogP contribution in [0.5, 0.6) is 0 Å². The summed E-state index contributed by atoms with van der Waals surface area (Å²) in [5, 5.41) is -0.398. The van der Waals surface area contributed by atoms with Gasteiger partial charge in [0.1, 0.15) is 6.04 Å². The Morgan fingerprint density at radius 2 is 2.33 bits per heavy atom. The van der Waals surface area contributed by atoms with E-state index in [1.165, 1.54) is 11.8 Å². The van der Waals surface area contributed by atoms with Crippen LogP contribution in [0.4, 0.5) is 0 Å². The minimum absolute atomic E-state index is 0.398. The lowest BCUT2D eigenvalue weighted by Crippen LogP contribution is -2.40. The molecule has 0 aromatic heterocycles. The molecular weight excluding hydrogens is 174 g/mol. The molecular formula is C8H17NO2S. The third kappa shape index (κ3) is 3.97. The Labute approximate surface area is 87.9 Å². The third-order valence-corrected chi connectivity index (χ3v) is 2.39. The zero-order valence-corrected chi connectivity index (χ0v) is 7.77. The number of rotatable bonds is 4. The molecule has 0 saturated carbocycles. The first-order valence-corrected chi connectivity index (χ1v) is 4.58. The van der Waals surface area contributed by atoms with Gasteiger partial charge in [-0.15, -0.1) is 0 Å². The summed E-state index contributed by atoms with van der Waals surface area (Å²) in [7, 11) is 0. The van der Waals surface area contributed by atoms with E-state index in [-0.39, 0.29) is 0 Å². The SMILES string of the molecule is [2H]C([2H])([2H])C([2H])(OC(=O)[C@H](N)C(C)SC)C([2H])([2H])[2H]. The van der Waals surface area contributed by atoms with Crippen LogP contribution < -0.4 is 5.73 Å². The number of carbonyl (C=O) groups excluding carboxylic acids is 1. The summed E-state index contributed by atoms with van der Waals surface area (Å²) < 4.78 is 54.5. The van der Waals surface area contributed by atoms with Crippen LogP contribution in [0.15, 0.2) is 0 Å². The Morgan fingerprint density at radius 1 is 1.75 bits per heavy atom. The molecule has 0 aliphatic rings. The summed E-state index contributed by atoms with van der Waals surface area (Å²) in [4.78, 5) is 11.7. The fourth-order valence-corrected chi connectivity index (χ4v) is 0.911. The Balaban J connectivity index is 5.23. The van der Waals surface area contributed by atoms with E-state index >= 15 is 0 Å². The van der Waals surface area contributed by atoms with Gasteiger partial charge in [-0.25, -0.2) is 0 Å². The highest BCUT2D eigenvalue weighted by Crippen LogP contribution is 2.10. The summed E-state index contributed by atoms with van der Waals surface area (Å²) in [5.41, 5.74) is 5.52. The number of thioether (sulfide) groups is 1.